The molecule has 3 aromatic rings. The highest BCUT2D eigenvalue weighted by molar-refractivity contribution is 7.99. The Balaban J connectivity index is 1.62. The fourth-order valence-electron chi connectivity index (χ4n) is 2.82. The third-order valence-corrected chi connectivity index (χ3v) is 5.34. The van der Waals surface area contributed by atoms with Crippen LogP contribution in [0, 0.1) is 6.92 Å². The first-order valence-electron chi connectivity index (χ1n) is 9.62. The van der Waals surface area contributed by atoms with E-state index in [0.717, 1.165) is 5.56 Å². The van der Waals surface area contributed by atoms with Crippen LogP contribution in [0.1, 0.15) is 41.6 Å². The molecule has 2 amide bonds. The van der Waals surface area contributed by atoms with E-state index in [2.05, 4.69) is 25.8 Å². The molecule has 3 rings (SSSR count). The molecule has 9 heteroatoms. The Morgan fingerprint density at radius 2 is 1.90 bits per heavy atom. The maximum absolute atomic E-state index is 12.5. The molecule has 2 N–H and O–H groups in total. The van der Waals surface area contributed by atoms with Gasteiger partial charge in [0, 0.05) is 18.3 Å². The summed E-state index contributed by atoms with van der Waals surface area (Å²) in [7, 11) is 0. The molecule has 0 saturated carbocycles. The molecule has 0 radical (unpaired) electrons. The van der Waals surface area contributed by atoms with Gasteiger partial charge in [-0.15, -0.1) is 10.2 Å². The zero-order valence-electron chi connectivity index (χ0n) is 17.1. The number of pyridine rings is 1. The monoisotopic (exact) mass is 424 g/mol. The summed E-state index contributed by atoms with van der Waals surface area (Å²) >= 11 is 1.29. The number of hydrogen-bond acceptors (Lipinski definition) is 6. The number of benzene rings is 1. The molecule has 0 aliphatic carbocycles. The van der Waals surface area contributed by atoms with Crippen molar-refractivity contribution in [3.05, 3.63) is 65.6 Å². The Morgan fingerprint density at radius 3 is 2.57 bits per heavy atom. The van der Waals surface area contributed by atoms with E-state index >= 15 is 0 Å². The number of aryl methyl sites for hydroxylation is 1. The Hall–Kier alpha value is -3.20. The van der Waals surface area contributed by atoms with Crippen LogP contribution in [0.4, 0.5) is 5.82 Å². The second kappa shape index (κ2) is 10.0. The highest BCUT2D eigenvalue weighted by Gasteiger charge is 2.20. The van der Waals surface area contributed by atoms with E-state index in [9.17, 15) is 9.59 Å². The van der Waals surface area contributed by atoms with Crippen molar-refractivity contribution >= 4 is 29.4 Å². The highest BCUT2D eigenvalue weighted by Crippen LogP contribution is 2.21. The van der Waals surface area contributed by atoms with Crippen LogP contribution in [0.3, 0.4) is 0 Å². The molecule has 0 aliphatic heterocycles. The zero-order chi connectivity index (χ0) is 21.5. The lowest BCUT2D eigenvalue weighted by Gasteiger charge is -2.15. The largest absolute Gasteiger partial charge is 0.342 e. The summed E-state index contributed by atoms with van der Waals surface area (Å²) in [5, 5.41) is 14.8. The molecule has 30 heavy (non-hydrogen) atoms. The quantitative estimate of drug-likeness (QED) is 0.539. The first-order valence-corrected chi connectivity index (χ1v) is 10.6. The molecule has 0 saturated heterocycles. The van der Waals surface area contributed by atoms with Gasteiger partial charge in [-0.2, -0.15) is 0 Å². The number of anilines is 1. The number of carbonyl (C=O) groups is 2. The van der Waals surface area contributed by atoms with Crippen molar-refractivity contribution < 1.29 is 9.59 Å². The average Bonchev–Trinajstić information content (AvgIpc) is 3.16. The van der Waals surface area contributed by atoms with Crippen molar-refractivity contribution in [1.82, 2.24) is 25.1 Å². The van der Waals surface area contributed by atoms with Gasteiger partial charge in [-0.05, 0) is 45.0 Å². The Kier molecular flexibility index (Phi) is 7.18. The minimum Gasteiger partial charge on any atom is -0.342 e. The molecular formula is C21H24N6O2S. The van der Waals surface area contributed by atoms with Crippen molar-refractivity contribution in [2.24, 2.45) is 0 Å². The number of carbonyl (C=O) groups excluding carboxylic acids is 2. The van der Waals surface area contributed by atoms with Gasteiger partial charge in [0.1, 0.15) is 5.82 Å². The van der Waals surface area contributed by atoms with Crippen molar-refractivity contribution in [1.29, 1.82) is 0 Å². The number of amides is 2. The predicted molar refractivity (Wildman–Crippen MR) is 116 cm³/mol. The van der Waals surface area contributed by atoms with E-state index in [1.165, 1.54) is 11.8 Å². The Bertz CT molecular complexity index is 1000. The highest BCUT2D eigenvalue weighted by atomic mass is 32.2. The smallest absolute Gasteiger partial charge is 0.251 e. The summed E-state index contributed by atoms with van der Waals surface area (Å²) < 4.78 is 1.90. The van der Waals surface area contributed by atoms with Crippen LogP contribution in [0.2, 0.25) is 0 Å². The van der Waals surface area contributed by atoms with Crippen LogP contribution in [0.15, 0.2) is 53.8 Å². The molecule has 0 fully saturated rings. The van der Waals surface area contributed by atoms with Crippen molar-refractivity contribution in [3.8, 4) is 0 Å². The molecule has 0 bridgehead atoms. The van der Waals surface area contributed by atoms with E-state index in [0.29, 0.717) is 28.9 Å². The minimum atomic E-state index is -0.331. The molecule has 0 aliphatic rings. The van der Waals surface area contributed by atoms with Crippen LogP contribution in [0.5, 0.6) is 0 Å². The first kappa shape index (κ1) is 21.5. The molecular weight excluding hydrogens is 400 g/mol. The first-order chi connectivity index (χ1) is 14.5. The van der Waals surface area contributed by atoms with Gasteiger partial charge in [0.05, 0.1) is 11.8 Å². The third kappa shape index (κ3) is 5.44. The van der Waals surface area contributed by atoms with Gasteiger partial charge in [0.25, 0.3) is 5.91 Å². The third-order valence-electron chi connectivity index (χ3n) is 4.38. The molecule has 8 nitrogen and oxygen atoms in total. The van der Waals surface area contributed by atoms with Crippen molar-refractivity contribution in [2.75, 3.05) is 11.1 Å². The van der Waals surface area contributed by atoms with Gasteiger partial charge >= 0.3 is 0 Å². The van der Waals surface area contributed by atoms with E-state index in [1.807, 2.05) is 43.5 Å². The second-order valence-electron chi connectivity index (χ2n) is 6.70. The number of thioether (sulfide) groups is 1. The number of hydrogen-bond donors (Lipinski definition) is 2. The van der Waals surface area contributed by atoms with Gasteiger partial charge in [0.2, 0.25) is 5.91 Å². The van der Waals surface area contributed by atoms with Crippen molar-refractivity contribution in [3.63, 3.8) is 0 Å². The fourth-order valence-corrected chi connectivity index (χ4v) is 3.63. The van der Waals surface area contributed by atoms with Gasteiger partial charge in [-0.1, -0.05) is 35.5 Å². The summed E-state index contributed by atoms with van der Waals surface area (Å²) in [5.74, 6) is 0.987. The predicted octanol–water partition coefficient (Wildman–Crippen LogP) is 3.22. The van der Waals surface area contributed by atoms with Gasteiger partial charge in [0.15, 0.2) is 11.0 Å². The lowest BCUT2D eigenvalue weighted by atomic mass is 10.1. The Labute approximate surface area is 179 Å². The average molecular weight is 425 g/mol. The SMILES string of the molecule is CCn1c(SCC(=O)Nc2ccccn2)nnc1[C@@H](C)NC(=O)c1ccc(C)cc1. The maximum atomic E-state index is 12.5. The Morgan fingerprint density at radius 1 is 1.13 bits per heavy atom. The van der Waals surface area contributed by atoms with E-state index in [-0.39, 0.29) is 23.6 Å². The fraction of sp³-hybridized carbons (Fsp3) is 0.286. The summed E-state index contributed by atoms with van der Waals surface area (Å²) in [6.07, 6.45) is 1.62. The molecule has 1 aromatic carbocycles. The number of nitrogens with one attached hydrogen (secondary N) is 2. The number of rotatable bonds is 8. The van der Waals surface area contributed by atoms with Crippen LogP contribution in [-0.4, -0.2) is 37.3 Å². The number of aromatic nitrogens is 4. The van der Waals surface area contributed by atoms with E-state index in [4.69, 9.17) is 0 Å². The van der Waals surface area contributed by atoms with Gasteiger partial charge < -0.3 is 15.2 Å². The summed E-state index contributed by atoms with van der Waals surface area (Å²) in [6.45, 7) is 6.44. The normalized spacial score (nSPS) is 11.7. The van der Waals surface area contributed by atoms with Gasteiger partial charge in [-0.25, -0.2) is 4.98 Å². The van der Waals surface area contributed by atoms with Gasteiger partial charge in [-0.3, -0.25) is 9.59 Å². The van der Waals surface area contributed by atoms with Crippen LogP contribution in [-0.2, 0) is 11.3 Å². The van der Waals surface area contributed by atoms with E-state index in [1.54, 1.807) is 30.5 Å². The summed E-state index contributed by atoms with van der Waals surface area (Å²) in [4.78, 5) is 28.7. The van der Waals surface area contributed by atoms with Crippen LogP contribution >= 0.6 is 11.8 Å². The summed E-state index contributed by atoms with van der Waals surface area (Å²) in [6, 6.07) is 12.4. The van der Waals surface area contributed by atoms with Crippen LogP contribution in [0.25, 0.3) is 0 Å². The summed E-state index contributed by atoms with van der Waals surface area (Å²) in [5.41, 5.74) is 1.69. The number of nitrogens with zero attached hydrogens (tertiary/aromatic N) is 4. The standard InChI is InChI=1S/C21H24N6O2S/c1-4-27-19(15(3)23-20(29)16-10-8-14(2)9-11-16)25-26-21(27)30-13-18(28)24-17-7-5-6-12-22-17/h5-12,15H,4,13H2,1-3H3,(H,23,29)(H,22,24,28)/t15-/m1/s1. The molecule has 0 spiro atoms. The molecule has 1 atom stereocenters. The minimum absolute atomic E-state index is 0.169. The van der Waals surface area contributed by atoms with E-state index < -0.39 is 0 Å². The molecule has 2 heterocycles. The second-order valence-corrected chi connectivity index (χ2v) is 7.64. The molecule has 156 valence electrons. The van der Waals surface area contributed by atoms with Crippen molar-refractivity contribution in [2.45, 2.75) is 38.5 Å². The zero-order valence-corrected chi connectivity index (χ0v) is 17.9. The maximum Gasteiger partial charge on any atom is 0.251 e. The molecule has 0 unspecified atom stereocenters. The lowest BCUT2D eigenvalue weighted by Crippen LogP contribution is -2.28. The lowest BCUT2D eigenvalue weighted by molar-refractivity contribution is -0.113. The van der Waals surface area contributed by atoms with Crippen LogP contribution < -0.4 is 10.6 Å². The topological polar surface area (TPSA) is 102 Å². The molecule has 2 aromatic heterocycles.